The van der Waals surface area contributed by atoms with E-state index in [4.69, 9.17) is 5.73 Å². The van der Waals surface area contributed by atoms with Crippen molar-refractivity contribution in [3.63, 3.8) is 0 Å². The molecule has 1 aromatic carbocycles. The third-order valence-corrected chi connectivity index (χ3v) is 2.66. The molecule has 4 heteroatoms. The van der Waals surface area contributed by atoms with E-state index >= 15 is 0 Å². The molecule has 0 aliphatic carbocycles. The van der Waals surface area contributed by atoms with E-state index < -0.39 is 17.2 Å². The van der Waals surface area contributed by atoms with Crippen molar-refractivity contribution in [2.75, 3.05) is 6.54 Å². The van der Waals surface area contributed by atoms with Gasteiger partial charge in [0.25, 0.3) is 0 Å². The summed E-state index contributed by atoms with van der Waals surface area (Å²) in [5.41, 5.74) is 3.81. The summed E-state index contributed by atoms with van der Waals surface area (Å²) in [5.74, 6) is -1.52. The lowest BCUT2D eigenvalue weighted by Gasteiger charge is -2.31. The molecular formula is C11H15F2NO. The van der Waals surface area contributed by atoms with Crippen LogP contribution in [0.15, 0.2) is 18.2 Å². The predicted molar refractivity (Wildman–Crippen MR) is 54.1 cm³/mol. The maximum absolute atomic E-state index is 13.4. The summed E-state index contributed by atoms with van der Waals surface area (Å²) in [4.78, 5) is 0. The van der Waals surface area contributed by atoms with Crippen molar-refractivity contribution in [2.24, 2.45) is 11.7 Å². The second-order valence-corrected chi connectivity index (χ2v) is 3.91. The van der Waals surface area contributed by atoms with E-state index in [-0.39, 0.29) is 18.0 Å². The average Bonchev–Trinajstić information content (AvgIpc) is 2.20. The normalized spacial score (nSPS) is 15.4. The first-order valence-electron chi connectivity index (χ1n) is 4.79. The Morgan fingerprint density at radius 1 is 1.40 bits per heavy atom. The van der Waals surface area contributed by atoms with Crippen molar-refractivity contribution in [3.8, 4) is 0 Å². The fourth-order valence-electron chi connectivity index (χ4n) is 1.49. The number of rotatable bonds is 3. The van der Waals surface area contributed by atoms with Crippen LogP contribution < -0.4 is 5.73 Å². The second-order valence-electron chi connectivity index (χ2n) is 3.91. The van der Waals surface area contributed by atoms with Crippen LogP contribution in [0.3, 0.4) is 0 Å². The number of halogens is 2. The molecule has 0 saturated heterocycles. The van der Waals surface area contributed by atoms with Crippen molar-refractivity contribution < 1.29 is 13.9 Å². The minimum Gasteiger partial charge on any atom is -0.383 e. The highest BCUT2D eigenvalue weighted by Crippen LogP contribution is 2.30. The predicted octanol–water partition coefficient (Wildman–Crippen LogP) is 1.77. The Morgan fingerprint density at radius 3 is 2.47 bits per heavy atom. The number of benzene rings is 1. The Morgan fingerprint density at radius 2 is 2.00 bits per heavy atom. The number of aliphatic hydroxyl groups is 1. The highest BCUT2D eigenvalue weighted by atomic mass is 19.1. The van der Waals surface area contributed by atoms with E-state index in [0.717, 1.165) is 18.2 Å². The molecule has 1 rings (SSSR count). The molecule has 0 aliphatic heterocycles. The Kier molecular flexibility index (Phi) is 3.42. The second kappa shape index (κ2) is 4.24. The lowest BCUT2D eigenvalue weighted by Crippen LogP contribution is -2.40. The van der Waals surface area contributed by atoms with E-state index in [1.807, 2.05) is 0 Å². The van der Waals surface area contributed by atoms with Crippen molar-refractivity contribution >= 4 is 0 Å². The summed E-state index contributed by atoms with van der Waals surface area (Å²) in [7, 11) is 0. The fourth-order valence-corrected chi connectivity index (χ4v) is 1.49. The largest absolute Gasteiger partial charge is 0.383 e. The average molecular weight is 215 g/mol. The molecule has 0 saturated carbocycles. The van der Waals surface area contributed by atoms with Crippen LogP contribution in [0.2, 0.25) is 0 Å². The maximum atomic E-state index is 13.4. The van der Waals surface area contributed by atoms with Gasteiger partial charge in [-0.05, 0) is 24.1 Å². The van der Waals surface area contributed by atoms with Crippen molar-refractivity contribution in [1.82, 2.24) is 0 Å². The number of nitrogens with two attached hydrogens (primary N) is 1. The molecule has 0 heterocycles. The summed E-state index contributed by atoms with van der Waals surface area (Å²) in [6, 6.07) is 2.99. The van der Waals surface area contributed by atoms with Crippen LogP contribution in [0.1, 0.15) is 19.4 Å². The molecule has 3 N–H and O–H groups in total. The third kappa shape index (κ3) is 2.16. The van der Waals surface area contributed by atoms with E-state index in [2.05, 4.69) is 0 Å². The zero-order chi connectivity index (χ0) is 11.6. The van der Waals surface area contributed by atoms with Gasteiger partial charge < -0.3 is 10.8 Å². The summed E-state index contributed by atoms with van der Waals surface area (Å²) >= 11 is 0. The van der Waals surface area contributed by atoms with Gasteiger partial charge in [-0.15, -0.1) is 0 Å². The van der Waals surface area contributed by atoms with E-state index in [0.29, 0.717) is 0 Å². The van der Waals surface area contributed by atoms with Crippen molar-refractivity contribution in [2.45, 2.75) is 19.4 Å². The van der Waals surface area contributed by atoms with Crippen molar-refractivity contribution in [1.29, 1.82) is 0 Å². The highest BCUT2D eigenvalue weighted by Gasteiger charge is 2.34. The minimum absolute atomic E-state index is 0.0833. The molecule has 1 unspecified atom stereocenters. The zero-order valence-corrected chi connectivity index (χ0v) is 8.80. The van der Waals surface area contributed by atoms with Gasteiger partial charge in [-0.25, -0.2) is 8.78 Å². The van der Waals surface area contributed by atoms with E-state index in [1.54, 1.807) is 13.8 Å². The smallest absolute Gasteiger partial charge is 0.129 e. The minimum atomic E-state index is -1.52. The molecule has 0 spiro atoms. The Bertz CT molecular complexity index is 354. The lowest BCUT2D eigenvalue weighted by molar-refractivity contribution is -0.00461. The van der Waals surface area contributed by atoms with Crippen LogP contribution in [-0.2, 0) is 5.60 Å². The van der Waals surface area contributed by atoms with Crippen LogP contribution >= 0.6 is 0 Å². The van der Waals surface area contributed by atoms with Crippen LogP contribution in [0.25, 0.3) is 0 Å². The Labute approximate surface area is 87.7 Å². The highest BCUT2D eigenvalue weighted by molar-refractivity contribution is 5.26. The van der Waals surface area contributed by atoms with Gasteiger partial charge in [0, 0.05) is 12.1 Å². The molecule has 2 nitrogen and oxygen atoms in total. The summed E-state index contributed by atoms with van der Waals surface area (Å²) in [5, 5.41) is 10.1. The fraction of sp³-hybridized carbons (Fsp3) is 0.455. The summed E-state index contributed by atoms with van der Waals surface area (Å²) < 4.78 is 26.4. The van der Waals surface area contributed by atoms with Gasteiger partial charge in [-0.3, -0.25) is 0 Å². The molecule has 0 aromatic heterocycles. The molecule has 84 valence electrons. The summed E-state index contributed by atoms with van der Waals surface area (Å²) in [6.07, 6.45) is 0. The van der Waals surface area contributed by atoms with Crippen LogP contribution in [0.4, 0.5) is 8.78 Å². The Hall–Kier alpha value is -1.00. The first kappa shape index (κ1) is 12.1. The van der Waals surface area contributed by atoms with Gasteiger partial charge >= 0.3 is 0 Å². The number of hydrogen-bond acceptors (Lipinski definition) is 2. The van der Waals surface area contributed by atoms with Crippen LogP contribution in [0, 0.1) is 17.6 Å². The van der Waals surface area contributed by atoms with Gasteiger partial charge in [0.15, 0.2) is 0 Å². The lowest BCUT2D eigenvalue weighted by atomic mass is 9.83. The maximum Gasteiger partial charge on any atom is 0.129 e. The number of hydrogen-bond donors (Lipinski definition) is 2. The standard InChI is InChI=1S/C11H15F2NO/c1-7(2)11(15,6-14)9-5-8(12)3-4-10(9)13/h3-5,7,15H,6,14H2,1-2H3. The molecule has 1 atom stereocenters. The van der Waals surface area contributed by atoms with Gasteiger partial charge in [-0.2, -0.15) is 0 Å². The summed E-state index contributed by atoms with van der Waals surface area (Å²) in [6.45, 7) is 3.26. The van der Waals surface area contributed by atoms with Crippen molar-refractivity contribution in [3.05, 3.63) is 35.4 Å². The molecule has 15 heavy (non-hydrogen) atoms. The topological polar surface area (TPSA) is 46.2 Å². The third-order valence-electron chi connectivity index (χ3n) is 2.66. The molecule has 0 fully saturated rings. The van der Waals surface area contributed by atoms with Gasteiger partial charge in [0.05, 0.1) is 0 Å². The van der Waals surface area contributed by atoms with Crippen LogP contribution in [-0.4, -0.2) is 11.7 Å². The quantitative estimate of drug-likeness (QED) is 0.807. The SMILES string of the molecule is CC(C)C(O)(CN)c1cc(F)ccc1F. The molecule has 0 aliphatic rings. The first-order valence-corrected chi connectivity index (χ1v) is 4.79. The zero-order valence-electron chi connectivity index (χ0n) is 8.80. The first-order chi connectivity index (χ1) is 6.91. The van der Waals surface area contributed by atoms with Gasteiger partial charge in [0.1, 0.15) is 17.2 Å². The van der Waals surface area contributed by atoms with E-state index in [9.17, 15) is 13.9 Å². The Balaban J connectivity index is 3.29. The van der Waals surface area contributed by atoms with Gasteiger partial charge in [-0.1, -0.05) is 13.8 Å². The molecule has 0 radical (unpaired) electrons. The molecule has 0 amide bonds. The molecule has 0 bridgehead atoms. The molecule has 1 aromatic rings. The monoisotopic (exact) mass is 215 g/mol. The van der Waals surface area contributed by atoms with Crippen LogP contribution in [0.5, 0.6) is 0 Å². The molecular weight excluding hydrogens is 200 g/mol. The van der Waals surface area contributed by atoms with Gasteiger partial charge in [0.2, 0.25) is 0 Å². The van der Waals surface area contributed by atoms with E-state index in [1.165, 1.54) is 0 Å².